The van der Waals surface area contributed by atoms with E-state index in [2.05, 4.69) is 5.10 Å². The highest BCUT2D eigenvalue weighted by molar-refractivity contribution is 6.02. The maximum atomic E-state index is 11.6. The molecule has 0 aromatic carbocycles. The Labute approximate surface area is 86.1 Å². The molecule has 1 N–H and O–H groups in total. The first-order valence-electron chi connectivity index (χ1n) is 4.72. The number of aliphatic carboxylic acids is 1. The monoisotopic (exact) mass is 209 g/mol. The first kappa shape index (κ1) is 9.70. The Morgan fingerprint density at radius 3 is 3.00 bits per heavy atom. The largest absolute Gasteiger partial charge is 0.481 e. The molecular formula is C9H11N3O3. The molecule has 1 aliphatic heterocycles. The number of aryl methyl sites for hydroxylation is 1. The minimum absolute atomic E-state index is 0.385. The Morgan fingerprint density at radius 1 is 1.47 bits per heavy atom. The molecule has 1 aliphatic rings. The minimum Gasteiger partial charge on any atom is -0.481 e. The minimum atomic E-state index is -1.10. The lowest BCUT2D eigenvalue weighted by molar-refractivity contribution is -0.140. The van der Waals surface area contributed by atoms with E-state index in [0.717, 1.165) is 13.0 Å². The van der Waals surface area contributed by atoms with Crippen molar-refractivity contribution in [2.24, 2.45) is 0 Å². The number of fused-ring (bicyclic) bond motifs is 1. The summed E-state index contributed by atoms with van der Waals surface area (Å²) in [7, 11) is 0. The van der Waals surface area contributed by atoms with Gasteiger partial charge in [0.05, 0.1) is 6.20 Å². The molecule has 0 fully saturated rings. The van der Waals surface area contributed by atoms with Crippen molar-refractivity contribution in [1.82, 2.24) is 9.78 Å². The molecule has 1 aromatic heterocycles. The maximum absolute atomic E-state index is 11.6. The summed E-state index contributed by atoms with van der Waals surface area (Å²) in [6, 6.07) is 1.72. The number of hydrogen-bond acceptors (Lipinski definition) is 3. The molecule has 1 aromatic rings. The van der Waals surface area contributed by atoms with Crippen LogP contribution in [0.25, 0.3) is 0 Å². The van der Waals surface area contributed by atoms with Crippen molar-refractivity contribution in [3.63, 3.8) is 0 Å². The second-order valence-electron chi connectivity index (χ2n) is 3.38. The number of carbonyl (C=O) groups is 2. The van der Waals surface area contributed by atoms with Crippen LogP contribution in [0.15, 0.2) is 12.3 Å². The highest BCUT2D eigenvalue weighted by Gasteiger charge is 2.24. The summed E-state index contributed by atoms with van der Waals surface area (Å²) < 4.78 is 1.71. The SMILES string of the molecule is O=C(O)CC(=O)N1CCCn2nccc21. The highest BCUT2D eigenvalue weighted by Crippen LogP contribution is 2.19. The number of nitrogens with zero attached hydrogens (tertiary/aromatic N) is 3. The van der Waals surface area contributed by atoms with Gasteiger partial charge >= 0.3 is 5.97 Å². The van der Waals surface area contributed by atoms with Crippen LogP contribution in [0, 0.1) is 0 Å². The molecule has 1 amide bonds. The van der Waals surface area contributed by atoms with Gasteiger partial charge in [-0.1, -0.05) is 0 Å². The summed E-state index contributed by atoms with van der Waals surface area (Å²) in [4.78, 5) is 23.5. The molecule has 0 radical (unpaired) electrons. The topological polar surface area (TPSA) is 75.4 Å². The summed E-state index contributed by atoms with van der Waals surface area (Å²) in [6.07, 6.45) is 1.95. The van der Waals surface area contributed by atoms with Crippen molar-refractivity contribution in [3.05, 3.63) is 12.3 Å². The van der Waals surface area contributed by atoms with Crippen molar-refractivity contribution >= 4 is 17.7 Å². The lowest BCUT2D eigenvalue weighted by atomic mass is 10.2. The van der Waals surface area contributed by atoms with E-state index in [1.807, 2.05) is 0 Å². The number of carboxylic acid groups (broad SMARTS) is 1. The zero-order valence-electron chi connectivity index (χ0n) is 8.09. The van der Waals surface area contributed by atoms with E-state index in [9.17, 15) is 9.59 Å². The summed E-state index contributed by atoms with van der Waals surface area (Å²) >= 11 is 0. The van der Waals surface area contributed by atoms with Crippen LogP contribution in [0.4, 0.5) is 5.82 Å². The fourth-order valence-electron chi connectivity index (χ4n) is 1.70. The zero-order valence-corrected chi connectivity index (χ0v) is 8.09. The number of amides is 1. The van der Waals surface area contributed by atoms with Crippen molar-refractivity contribution in [2.45, 2.75) is 19.4 Å². The van der Waals surface area contributed by atoms with E-state index >= 15 is 0 Å². The van der Waals surface area contributed by atoms with Crippen molar-refractivity contribution in [3.8, 4) is 0 Å². The van der Waals surface area contributed by atoms with Gasteiger partial charge in [-0.2, -0.15) is 5.10 Å². The van der Waals surface area contributed by atoms with Crippen LogP contribution in [0.1, 0.15) is 12.8 Å². The van der Waals surface area contributed by atoms with Gasteiger partial charge in [-0.25, -0.2) is 4.68 Å². The third-order valence-electron chi connectivity index (χ3n) is 2.33. The van der Waals surface area contributed by atoms with Crippen LogP contribution in [0.2, 0.25) is 0 Å². The highest BCUT2D eigenvalue weighted by atomic mass is 16.4. The molecule has 6 nitrogen and oxygen atoms in total. The summed E-state index contributed by atoms with van der Waals surface area (Å²) in [5.74, 6) is -0.798. The van der Waals surface area contributed by atoms with E-state index in [1.54, 1.807) is 16.9 Å². The van der Waals surface area contributed by atoms with Gasteiger partial charge in [0, 0.05) is 19.2 Å². The van der Waals surface area contributed by atoms with Crippen LogP contribution < -0.4 is 4.90 Å². The molecule has 15 heavy (non-hydrogen) atoms. The Kier molecular flexibility index (Phi) is 2.40. The van der Waals surface area contributed by atoms with Crippen molar-refractivity contribution in [2.75, 3.05) is 11.4 Å². The van der Waals surface area contributed by atoms with Gasteiger partial charge in [0.25, 0.3) is 0 Å². The van der Waals surface area contributed by atoms with Crippen LogP contribution in [-0.4, -0.2) is 33.3 Å². The van der Waals surface area contributed by atoms with Crippen LogP contribution >= 0.6 is 0 Å². The Bertz CT molecular complexity index is 399. The smallest absolute Gasteiger partial charge is 0.312 e. The van der Waals surface area contributed by atoms with E-state index in [-0.39, 0.29) is 5.91 Å². The summed E-state index contributed by atoms with van der Waals surface area (Å²) in [5, 5.41) is 12.6. The fraction of sp³-hybridized carbons (Fsp3) is 0.444. The van der Waals surface area contributed by atoms with Crippen molar-refractivity contribution < 1.29 is 14.7 Å². The standard InChI is InChI=1S/C9H11N3O3/c13-8(6-9(14)15)11-4-1-5-12-7(11)2-3-10-12/h2-3H,1,4-6H2,(H,14,15). The molecule has 0 spiro atoms. The van der Waals surface area contributed by atoms with E-state index in [1.165, 1.54) is 4.90 Å². The molecule has 0 aliphatic carbocycles. The van der Waals surface area contributed by atoms with Gasteiger partial charge in [0.1, 0.15) is 12.2 Å². The Balaban J connectivity index is 2.19. The number of aromatic nitrogens is 2. The quantitative estimate of drug-likeness (QED) is 0.700. The summed E-state index contributed by atoms with van der Waals surface area (Å²) in [6.45, 7) is 1.34. The number of carboxylic acids is 1. The Morgan fingerprint density at radius 2 is 2.27 bits per heavy atom. The third kappa shape index (κ3) is 1.83. The van der Waals surface area contributed by atoms with Crippen LogP contribution in [0.3, 0.4) is 0 Å². The lowest BCUT2D eigenvalue weighted by Crippen LogP contribution is -2.38. The van der Waals surface area contributed by atoms with Gasteiger partial charge in [-0.3, -0.25) is 14.5 Å². The average molecular weight is 209 g/mol. The first-order valence-corrected chi connectivity index (χ1v) is 4.72. The number of anilines is 1. The Hall–Kier alpha value is -1.85. The second-order valence-corrected chi connectivity index (χ2v) is 3.38. The molecule has 0 saturated heterocycles. The van der Waals surface area contributed by atoms with Gasteiger partial charge < -0.3 is 5.11 Å². The molecule has 6 heteroatoms. The molecular weight excluding hydrogens is 198 g/mol. The first-order chi connectivity index (χ1) is 7.18. The van der Waals surface area contributed by atoms with E-state index in [4.69, 9.17) is 5.11 Å². The number of carbonyl (C=O) groups excluding carboxylic acids is 1. The summed E-state index contributed by atoms with van der Waals surface area (Å²) in [5.41, 5.74) is 0. The van der Waals surface area contributed by atoms with Gasteiger partial charge in [0.15, 0.2) is 0 Å². The molecule has 0 saturated carbocycles. The maximum Gasteiger partial charge on any atom is 0.312 e. The number of hydrogen-bond donors (Lipinski definition) is 1. The predicted octanol–water partition coefficient (Wildman–Crippen LogP) is 0.0945. The molecule has 2 heterocycles. The number of rotatable bonds is 2. The van der Waals surface area contributed by atoms with Gasteiger partial charge in [0.2, 0.25) is 5.91 Å². The lowest BCUT2D eigenvalue weighted by Gasteiger charge is -2.27. The second kappa shape index (κ2) is 3.72. The van der Waals surface area contributed by atoms with Gasteiger partial charge in [-0.15, -0.1) is 0 Å². The normalized spacial score (nSPS) is 14.8. The van der Waals surface area contributed by atoms with E-state index < -0.39 is 12.4 Å². The molecule has 0 atom stereocenters. The average Bonchev–Trinajstić information content (AvgIpc) is 2.63. The van der Waals surface area contributed by atoms with E-state index in [0.29, 0.717) is 12.4 Å². The molecule has 80 valence electrons. The van der Waals surface area contributed by atoms with Crippen molar-refractivity contribution in [1.29, 1.82) is 0 Å². The van der Waals surface area contributed by atoms with Crippen LogP contribution in [0.5, 0.6) is 0 Å². The zero-order chi connectivity index (χ0) is 10.8. The third-order valence-corrected chi connectivity index (χ3v) is 2.33. The predicted molar refractivity (Wildman–Crippen MR) is 51.4 cm³/mol. The fourth-order valence-corrected chi connectivity index (χ4v) is 1.70. The molecule has 2 rings (SSSR count). The molecule has 0 unspecified atom stereocenters. The van der Waals surface area contributed by atoms with Gasteiger partial charge in [-0.05, 0) is 6.42 Å². The van der Waals surface area contributed by atoms with Crippen LogP contribution in [-0.2, 0) is 16.1 Å². The molecule has 0 bridgehead atoms.